The third-order valence-corrected chi connectivity index (χ3v) is 16.8. The van der Waals surface area contributed by atoms with Gasteiger partial charge in [0.05, 0.1) is 11.4 Å². The predicted molar refractivity (Wildman–Crippen MR) is 305 cm³/mol. The molecule has 0 saturated carbocycles. The van der Waals surface area contributed by atoms with E-state index < -0.39 is 0 Å². The van der Waals surface area contributed by atoms with Gasteiger partial charge in [-0.3, -0.25) is 0 Å². The van der Waals surface area contributed by atoms with Crippen molar-refractivity contribution in [2.75, 3.05) is 14.7 Å². The van der Waals surface area contributed by atoms with E-state index in [2.05, 4.69) is 268 Å². The molecule has 0 radical (unpaired) electrons. The van der Waals surface area contributed by atoms with Crippen molar-refractivity contribution in [1.82, 2.24) is 0 Å². The van der Waals surface area contributed by atoms with Crippen LogP contribution in [-0.4, -0.2) is 6.71 Å². The van der Waals surface area contributed by atoms with Crippen LogP contribution in [0.1, 0.15) is 129 Å². The number of benzene rings is 8. The zero-order valence-corrected chi connectivity index (χ0v) is 44.0. The van der Waals surface area contributed by atoms with Gasteiger partial charge in [-0.1, -0.05) is 180 Å². The molecule has 0 amide bonds. The van der Waals surface area contributed by atoms with Crippen molar-refractivity contribution in [2.24, 2.45) is 0 Å². The molecular weight excluding hydrogens is 858 g/mol. The fraction of sp³-hybridized carbons (Fsp3) is 0.284. The summed E-state index contributed by atoms with van der Waals surface area (Å²) in [4.78, 5) is 7.76. The maximum atomic E-state index is 2.70. The third-order valence-electron chi connectivity index (χ3n) is 16.8. The lowest BCUT2D eigenvalue weighted by molar-refractivity contribution is 0.350. The normalized spacial score (nSPS) is 17.3. The average Bonchev–Trinajstić information content (AvgIpc) is 3.34. The Kier molecular flexibility index (Phi) is 9.98. The van der Waals surface area contributed by atoms with Gasteiger partial charge in [0.1, 0.15) is 0 Å². The van der Waals surface area contributed by atoms with E-state index in [9.17, 15) is 0 Å². The first-order chi connectivity index (χ1) is 33.7. The van der Waals surface area contributed by atoms with Crippen LogP contribution in [0.5, 0.6) is 0 Å². The summed E-state index contributed by atoms with van der Waals surface area (Å²) in [5, 5.41) is 0. The number of hydrogen-bond acceptors (Lipinski definition) is 3. The number of fused-ring (bicyclic) bond motifs is 10. The molecule has 3 nitrogen and oxygen atoms in total. The SMILES string of the molecule is CC(C)(C)c1ccc(N2c3ccc(C(C)(C)C)cc3B3c4cc5c6cc4N(c4ccc(C(C)(C)C)cc4-c4cccc(c4)C6(C)CCC5(C)C)c4cc(N(c5ccccc5)c5ccccc5)cc2c43)cc1. The Morgan fingerprint density at radius 3 is 1.62 bits per heavy atom. The van der Waals surface area contributed by atoms with Crippen LogP contribution in [0, 0.1) is 0 Å². The Balaban J connectivity index is 1.27. The molecule has 4 aliphatic rings. The monoisotopic (exact) mass is 926 g/mol. The minimum Gasteiger partial charge on any atom is -0.311 e. The molecule has 0 saturated heterocycles. The molecule has 1 atom stereocenters. The molecule has 3 heterocycles. The first-order valence-electron chi connectivity index (χ1n) is 26.1. The first kappa shape index (κ1) is 45.4. The molecule has 71 heavy (non-hydrogen) atoms. The van der Waals surface area contributed by atoms with E-state index in [4.69, 9.17) is 0 Å². The minimum absolute atomic E-state index is 0.0135. The number of para-hydroxylation sites is 2. The van der Waals surface area contributed by atoms with Gasteiger partial charge in [0, 0.05) is 50.8 Å². The van der Waals surface area contributed by atoms with Crippen LogP contribution in [0.25, 0.3) is 11.1 Å². The molecule has 1 unspecified atom stereocenters. The summed E-state index contributed by atoms with van der Waals surface area (Å²) in [5.41, 5.74) is 25.4. The zero-order valence-electron chi connectivity index (χ0n) is 44.0. The average molecular weight is 926 g/mol. The maximum Gasteiger partial charge on any atom is 0.252 e. The second kappa shape index (κ2) is 15.6. The van der Waals surface area contributed by atoms with Gasteiger partial charge in [0.25, 0.3) is 6.71 Å². The molecule has 1 aliphatic carbocycles. The van der Waals surface area contributed by atoms with Gasteiger partial charge >= 0.3 is 0 Å². The Labute approximate surface area is 424 Å². The molecule has 0 fully saturated rings. The lowest BCUT2D eigenvalue weighted by Crippen LogP contribution is -2.62. The van der Waals surface area contributed by atoms with Crippen LogP contribution >= 0.6 is 0 Å². The van der Waals surface area contributed by atoms with Crippen molar-refractivity contribution >= 4 is 74.3 Å². The second-order valence-electron chi connectivity index (χ2n) is 25.1. The van der Waals surface area contributed by atoms with Crippen molar-refractivity contribution < 1.29 is 0 Å². The molecule has 0 N–H and O–H groups in total. The Hall–Kier alpha value is -6.78. The third kappa shape index (κ3) is 7.14. The van der Waals surface area contributed by atoms with Crippen LogP contribution < -0.4 is 31.1 Å². The molecule has 0 spiro atoms. The quantitative estimate of drug-likeness (QED) is 0.163. The molecule has 8 aromatic rings. The van der Waals surface area contributed by atoms with E-state index >= 15 is 0 Å². The van der Waals surface area contributed by atoms with Crippen LogP contribution in [-0.2, 0) is 27.1 Å². The zero-order chi connectivity index (χ0) is 49.6. The summed E-state index contributed by atoms with van der Waals surface area (Å²) < 4.78 is 0. The fourth-order valence-electron chi connectivity index (χ4n) is 12.5. The highest BCUT2D eigenvalue weighted by Gasteiger charge is 2.49. The van der Waals surface area contributed by atoms with Crippen LogP contribution in [0.3, 0.4) is 0 Å². The summed E-state index contributed by atoms with van der Waals surface area (Å²) in [6.45, 7) is 28.5. The summed E-state index contributed by atoms with van der Waals surface area (Å²) in [6, 6.07) is 66.1. The molecule has 354 valence electrons. The molecule has 3 aliphatic heterocycles. The van der Waals surface area contributed by atoms with Crippen molar-refractivity contribution in [3.63, 3.8) is 0 Å². The first-order valence-corrected chi connectivity index (χ1v) is 26.1. The Morgan fingerprint density at radius 2 is 1.00 bits per heavy atom. The van der Waals surface area contributed by atoms with E-state index in [0.717, 1.165) is 35.6 Å². The van der Waals surface area contributed by atoms with Crippen molar-refractivity contribution in [2.45, 2.75) is 123 Å². The summed E-state index contributed by atoms with van der Waals surface area (Å²) in [7, 11) is 0. The van der Waals surface area contributed by atoms with E-state index in [0.29, 0.717) is 0 Å². The number of anilines is 9. The van der Waals surface area contributed by atoms with Crippen molar-refractivity contribution in [3.05, 3.63) is 203 Å². The highest BCUT2D eigenvalue weighted by molar-refractivity contribution is 7.00. The molecule has 4 bridgehead atoms. The Morgan fingerprint density at radius 1 is 0.437 bits per heavy atom. The molecule has 0 aromatic heterocycles. The van der Waals surface area contributed by atoms with Crippen LogP contribution in [0.4, 0.5) is 51.2 Å². The second-order valence-corrected chi connectivity index (χ2v) is 25.1. The van der Waals surface area contributed by atoms with Gasteiger partial charge < -0.3 is 14.7 Å². The molecular formula is C67H68BN3. The fourth-order valence-corrected chi connectivity index (χ4v) is 12.5. The van der Waals surface area contributed by atoms with Crippen molar-refractivity contribution in [3.8, 4) is 11.1 Å². The summed E-state index contributed by atoms with van der Waals surface area (Å²) >= 11 is 0. The van der Waals surface area contributed by atoms with Gasteiger partial charge in [-0.2, -0.15) is 0 Å². The highest BCUT2D eigenvalue weighted by Crippen LogP contribution is 2.56. The molecule has 12 rings (SSSR count). The number of hydrogen-bond donors (Lipinski definition) is 0. The van der Waals surface area contributed by atoms with Gasteiger partial charge in [-0.25, -0.2) is 0 Å². The van der Waals surface area contributed by atoms with Gasteiger partial charge in [0.15, 0.2) is 0 Å². The van der Waals surface area contributed by atoms with E-state index in [1.807, 2.05) is 0 Å². The van der Waals surface area contributed by atoms with E-state index in [1.165, 1.54) is 89.3 Å². The Bertz CT molecular complexity index is 3380. The van der Waals surface area contributed by atoms with Gasteiger partial charge in [-0.05, 0) is 163 Å². The minimum atomic E-state index is -0.175. The lowest BCUT2D eigenvalue weighted by Gasteiger charge is -2.49. The van der Waals surface area contributed by atoms with Crippen LogP contribution in [0.2, 0.25) is 0 Å². The van der Waals surface area contributed by atoms with Gasteiger partial charge in [-0.15, -0.1) is 0 Å². The maximum absolute atomic E-state index is 2.70. The predicted octanol–water partition coefficient (Wildman–Crippen LogP) is 16.5. The molecule has 4 heteroatoms. The van der Waals surface area contributed by atoms with E-state index in [1.54, 1.807) is 0 Å². The lowest BCUT2D eigenvalue weighted by atomic mass is 9.33. The van der Waals surface area contributed by atoms with Gasteiger partial charge in [0.2, 0.25) is 0 Å². The van der Waals surface area contributed by atoms with E-state index in [-0.39, 0.29) is 33.8 Å². The standard InChI is InChI=1S/C67H68BN3/c1-63(2,3)44-26-30-50(31-27-44)70-58-33-29-46(65(7,8)9)38-55(58)68-56-41-53-54-42-59(56)71(61-40-51(39-60(70)62(61)68)69(48-22-15-13-16-23-48)49-24-17-14-18-25-49)57-32-28-45(64(4,5)6)37-52(57)43-20-19-21-47(36-43)67(54,12)35-34-66(53,10)11/h13-33,36-42H,34-35H2,1-12H3. The summed E-state index contributed by atoms with van der Waals surface area (Å²) in [6.07, 6.45) is 2.20. The largest absolute Gasteiger partial charge is 0.311 e. The molecule has 8 aromatic carbocycles. The number of rotatable bonds is 4. The summed E-state index contributed by atoms with van der Waals surface area (Å²) in [5.74, 6) is 0. The highest BCUT2D eigenvalue weighted by atomic mass is 15.2. The van der Waals surface area contributed by atoms with Crippen molar-refractivity contribution in [1.29, 1.82) is 0 Å². The van der Waals surface area contributed by atoms with Crippen LogP contribution in [0.15, 0.2) is 170 Å². The topological polar surface area (TPSA) is 9.72 Å². The number of nitrogens with zero attached hydrogens (tertiary/aromatic N) is 3. The smallest absolute Gasteiger partial charge is 0.252 e.